The van der Waals surface area contributed by atoms with Crippen LogP contribution in [0.4, 0.5) is 0 Å². The van der Waals surface area contributed by atoms with Gasteiger partial charge in [0.05, 0.1) is 4.90 Å². The Balaban J connectivity index is 1.59. The van der Waals surface area contributed by atoms with Crippen LogP contribution >= 0.6 is 0 Å². The van der Waals surface area contributed by atoms with Crippen LogP contribution in [-0.2, 0) is 23.0 Å². The molecule has 29 heavy (non-hydrogen) atoms. The lowest BCUT2D eigenvalue weighted by Gasteiger charge is -2.10. The molecular formula is C23H23NO4S. The van der Waals surface area contributed by atoms with Crippen LogP contribution in [0.3, 0.4) is 0 Å². The highest BCUT2D eigenvalue weighted by atomic mass is 32.2. The van der Waals surface area contributed by atoms with Gasteiger partial charge in [0.1, 0.15) is 12.4 Å². The summed E-state index contributed by atoms with van der Waals surface area (Å²) < 4.78 is 29.2. The molecule has 0 aliphatic carbocycles. The fourth-order valence-corrected chi connectivity index (χ4v) is 3.44. The number of nitrogens with one attached hydrogen (secondary N) is 1. The van der Waals surface area contributed by atoms with Gasteiger partial charge in [-0.05, 0) is 47.9 Å². The van der Waals surface area contributed by atoms with Crippen LogP contribution in [0.2, 0.25) is 0 Å². The Kier molecular flexibility index (Phi) is 6.34. The number of hydrogen-bond acceptors (Lipinski definition) is 4. The van der Waals surface area contributed by atoms with Crippen molar-refractivity contribution in [1.29, 1.82) is 0 Å². The van der Waals surface area contributed by atoms with E-state index >= 15 is 0 Å². The van der Waals surface area contributed by atoms with Gasteiger partial charge < -0.3 is 10.1 Å². The molecule has 3 rings (SSSR count). The fraction of sp³-hybridized carbons (Fsp3) is 0.174. The lowest BCUT2D eigenvalue weighted by Crippen LogP contribution is -2.24. The van der Waals surface area contributed by atoms with Gasteiger partial charge in [0.2, 0.25) is 0 Å². The topological polar surface area (TPSA) is 72.5 Å². The molecule has 0 aliphatic heterocycles. The summed E-state index contributed by atoms with van der Waals surface area (Å²) in [6, 6.07) is 22.0. The SMILES string of the molecule is Cc1ccc(S(C)(=O)=O)cc1C(=O)NCc1ccc(COc2ccccc2)cc1. The van der Waals surface area contributed by atoms with Crippen molar-refractivity contribution in [2.45, 2.75) is 25.0 Å². The molecule has 6 heteroatoms. The summed E-state index contributed by atoms with van der Waals surface area (Å²) in [4.78, 5) is 12.7. The van der Waals surface area contributed by atoms with E-state index in [-0.39, 0.29) is 10.8 Å². The molecule has 0 aromatic heterocycles. The maximum Gasteiger partial charge on any atom is 0.251 e. The molecule has 150 valence electrons. The molecule has 3 aromatic rings. The van der Waals surface area contributed by atoms with Crippen molar-refractivity contribution in [1.82, 2.24) is 5.32 Å². The Bertz CT molecular complexity index is 1090. The van der Waals surface area contributed by atoms with Gasteiger partial charge >= 0.3 is 0 Å². The monoisotopic (exact) mass is 409 g/mol. The maximum atomic E-state index is 12.5. The maximum absolute atomic E-state index is 12.5. The highest BCUT2D eigenvalue weighted by molar-refractivity contribution is 7.90. The van der Waals surface area contributed by atoms with E-state index in [0.717, 1.165) is 28.7 Å². The van der Waals surface area contributed by atoms with E-state index in [0.29, 0.717) is 18.7 Å². The molecule has 1 N–H and O–H groups in total. The largest absolute Gasteiger partial charge is 0.489 e. The van der Waals surface area contributed by atoms with E-state index < -0.39 is 9.84 Å². The minimum atomic E-state index is -3.36. The number of para-hydroxylation sites is 1. The second-order valence-corrected chi connectivity index (χ2v) is 8.87. The molecule has 0 aliphatic rings. The van der Waals surface area contributed by atoms with E-state index in [4.69, 9.17) is 4.74 Å². The molecule has 0 radical (unpaired) electrons. The summed E-state index contributed by atoms with van der Waals surface area (Å²) in [7, 11) is -3.36. The average Bonchev–Trinajstić information content (AvgIpc) is 2.71. The van der Waals surface area contributed by atoms with Crippen LogP contribution in [0.15, 0.2) is 77.7 Å². The van der Waals surface area contributed by atoms with Crippen LogP contribution in [0, 0.1) is 6.92 Å². The smallest absolute Gasteiger partial charge is 0.251 e. The van der Waals surface area contributed by atoms with Gasteiger partial charge in [-0.3, -0.25) is 4.79 Å². The van der Waals surface area contributed by atoms with Crippen molar-refractivity contribution in [2.75, 3.05) is 6.26 Å². The Morgan fingerprint density at radius 3 is 2.24 bits per heavy atom. The standard InChI is InChI=1S/C23H23NO4S/c1-17-8-13-21(29(2,26)27)14-22(17)23(25)24-15-18-9-11-19(12-10-18)16-28-20-6-4-3-5-7-20/h3-14H,15-16H2,1-2H3,(H,24,25). The number of sulfone groups is 1. The molecule has 0 fully saturated rings. The van der Waals surface area contributed by atoms with Crippen molar-refractivity contribution in [3.8, 4) is 5.75 Å². The van der Waals surface area contributed by atoms with Gasteiger partial charge in [0, 0.05) is 18.4 Å². The van der Waals surface area contributed by atoms with Crippen LogP contribution in [0.1, 0.15) is 27.0 Å². The molecule has 0 saturated carbocycles. The molecule has 0 saturated heterocycles. The van der Waals surface area contributed by atoms with Crippen molar-refractivity contribution in [3.63, 3.8) is 0 Å². The lowest BCUT2D eigenvalue weighted by atomic mass is 10.1. The Morgan fingerprint density at radius 1 is 0.931 bits per heavy atom. The van der Waals surface area contributed by atoms with Crippen molar-refractivity contribution in [2.24, 2.45) is 0 Å². The summed E-state index contributed by atoms with van der Waals surface area (Å²) in [5.74, 6) is 0.514. The molecule has 3 aromatic carbocycles. The highest BCUT2D eigenvalue weighted by Gasteiger charge is 2.14. The van der Waals surface area contributed by atoms with Gasteiger partial charge in [-0.15, -0.1) is 0 Å². The summed E-state index contributed by atoms with van der Waals surface area (Å²) >= 11 is 0. The third kappa shape index (κ3) is 5.68. The summed E-state index contributed by atoms with van der Waals surface area (Å²) in [5, 5.41) is 2.85. The summed E-state index contributed by atoms with van der Waals surface area (Å²) in [6.45, 7) is 2.60. The minimum absolute atomic E-state index is 0.135. The molecular weight excluding hydrogens is 386 g/mol. The first-order chi connectivity index (χ1) is 13.8. The zero-order chi connectivity index (χ0) is 20.9. The van der Waals surface area contributed by atoms with Gasteiger partial charge in [-0.25, -0.2) is 8.42 Å². The third-order valence-electron chi connectivity index (χ3n) is 4.51. The molecule has 5 nitrogen and oxygen atoms in total. The van der Waals surface area contributed by atoms with Crippen molar-refractivity contribution < 1.29 is 17.9 Å². The normalized spacial score (nSPS) is 11.1. The minimum Gasteiger partial charge on any atom is -0.489 e. The van der Waals surface area contributed by atoms with Gasteiger partial charge in [0.25, 0.3) is 5.91 Å². The Labute approximate surface area is 171 Å². The number of aryl methyl sites for hydroxylation is 1. The predicted octanol–water partition coefficient (Wildman–Crippen LogP) is 3.91. The molecule has 0 spiro atoms. The first-order valence-corrected chi connectivity index (χ1v) is 11.1. The first kappa shape index (κ1) is 20.6. The average molecular weight is 410 g/mol. The zero-order valence-corrected chi connectivity index (χ0v) is 17.2. The van der Waals surface area contributed by atoms with E-state index in [1.807, 2.05) is 54.6 Å². The second-order valence-electron chi connectivity index (χ2n) is 6.85. The van der Waals surface area contributed by atoms with Gasteiger partial charge in [-0.2, -0.15) is 0 Å². The van der Waals surface area contributed by atoms with Crippen molar-refractivity contribution >= 4 is 15.7 Å². The molecule has 0 bridgehead atoms. The van der Waals surface area contributed by atoms with E-state index in [9.17, 15) is 13.2 Å². The second kappa shape index (κ2) is 8.92. The highest BCUT2D eigenvalue weighted by Crippen LogP contribution is 2.16. The number of carbonyl (C=O) groups is 1. The first-order valence-electron chi connectivity index (χ1n) is 9.17. The zero-order valence-electron chi connectivity index (χ0n) is 16.4. The number of ether oxygens (including phenoxy) is 1. The Hall–Kier alpha value is -3.12. The number of amides is 1. The Morgan fingerprint density at radius 2 is 1.59 bits per heavy atom. The predicted molar refractivity (Wildman–Crippen MR) is 113 cm³/mol. The third-order valence-corrected chi connectivity index (χ3v) is 5.62. The fourth-order valence-electron chi connectivity index (χ4n) is 2.79. The van der Waals surface area contributed by atoms with Crippen LogP contribution in [0.5, 0.6) is 5.75 Å². The van der Waals surface area contributed by atoms with Crippen molar-refractivity contribution in [3.05, 3.63) is 95.1 Å². The summed E-state index contributed by atoms with van der Waals surface area (Å²) in [6.07, 6.45) is 1.13. The number of rotatable bonds is 7. The van der Waals surface area contributed by atoms with Gasteiger partial charge in [0.15, 0.2) is 9.84 Å². The van der Waals surface area contributed by atoms with E-state index in [1.165, 1.54) is 12.1 Å². The van der Waals surface area contributed by atoms with E-state index in [1.54, 1.807) is 13.0 Å². The number of carbonyl (C=O) groups excluding carboxylic acids is 1. The van der Waals surface area contributed by atoms with Crippen LogP contribution < -0.4 is 10.1 Å². The molecule has 1 amide bonds. The van der Waals surface area contributed by atoms with Crippen LogP contribution in [-0.4, -0.2) is 20.6 Å². The molecule has 0 atom stereocenters. The van der Waals surface area contributed by atoms with Gasteiger partial charge in [-0.1, -0.05) is 48.5 Å². The lowest BCUT2D eigenvalue weighted by molar-refractivity contribution is 0.0950. The molecule has 0 unspecified atom stereocenters. The summed E-state index contributed by atoms with van der Waals surface area (Å²) in [5.41, 5.74) is 3.06. The van der Waals surface area contributed by atoms with Crippen LogP contribution in [0.25, 0.3) is 0 Å². The molecule has 0 heterocycles. The quantitative estimate of drug-likeness (QED) is 0.642. The number of benzene rings is 3. The van der Waals surface area contributed by atoms with E-state index in [2.05, 4.69) is 5.32 Å². The number of hydrogen-bond donors (Lipinski definition) is 1.